The Morgan fingerprint density at radius 2 is 1.51 bits per heavy atom. The minimum Gasteiger partial charge on any atom is -0.314 e. The summed E-state index contributed by atoms with van der Waals surface area (Å²) < 4.78 is 25.5. The van der Waals surface area contributed by atoms with E-state index in [0.29, 0.717) is 21.4 Å². The maximum Gasteiger partial charge on any atom is 0.240 e. The largest absolute Gasteiger partial charge is 0.314 e. The molecule has 1 unspecified atom stereocenters. The number of anilines is 2. The van der Waals surface area contributed by atoms with Crippen molar-refractivity contribution in [1.29, 1.82) is 0 Å². The molecule has 0 radical (unpaired) electrons. The van der Waals surface area contributed by atoms with E-state index in [4.69, 9.17) is 23.2 Å². The Labute approximate surface area is 241 Å². The Balaban J connectivity index is 1.50. The van der Waals surface area contributed by atoms with Crippen LogP contribution in [0.4, 0.5) is 11.4 Å². The summed E-state index contributed by atoms with van der Waals surface area (Å²) in [6, 6.07) is 20.9. The van der Waals surface area contributed by atoms with Crippen molar-refractivity contribution in [1.82, 2.24) is 9.80 Å². The normalized spacial score (nSPS) is 14.9. The van der Waals surface area contributed by atoms with Gasteiger partial charge in [0, 0.05) is 31.0 Å². The van der Waals surface area contributed by atoms with Crippen molar-refractivity contribution >= 4 is 50.5 Å². The van der Waals surface area contributed by atoms with Gasteiger partial charge in [-0.1, -0.05) is 59.6 Å². The standard InChI is InChI=1S/C29H34Cl2N4O3S/c1-33(20-29(36)34(2)25-14-15-26(30)27(31)18-25)28(19-35-16-4-5-17-35)23-8-6-21(7-9-23)22-10-12-24(13-11-22)32-39(3,37)38/h6-15,18,28,32H,4-5,16-17,19-20H2,1-3H3. The fourth-order valence-electron chi connectivity index (χ4n) is 4.82. The summed E-state index contributed by atoms with van der Waals surface area (Å²) in [5.41, 5.74) is 4.38. The van der Waals surface area contributed by atoms with Crippen LogP contribution in [0.3, 0.4) is 0 Å². The molecule has 3 aromatic rings. The van der Waals surface area contributed by atoms with Crippen molar-refractivity contribution in [3.05, 3.63) is 82.3 Å². The van der Waals surface area contributed by atoms with E-state index in [0.717, 1.165) is 42.6 Å². The number of hydrogen-bond donors (Lipinski definition) is 1. The summed E-state index contributed by atoms with van der Waals surface area (Å²) in [6.07, 6.45) is 3.52. The molecule has 7 nitrogen and oxygen atoms in total. The van der Waals surface area contributed by atoms with Crippen LogP contribution in [0.2, 0.25) is 10.0 Å². The van der Waals surface area contributed by atoms with Crippen LogP contribution >= 0.6 is 23.2 Å². The molecule has 1 atom stereocenters. The van der Waals surface area contributed by atoms with E-state index in [-0.39, 0.29) is 18.5 Å². The van der Waals surface area contributed by atoms with Gasteiger partial charge in [0.15, 0.2) is 0 Å². The van der Waals surface area contributed by atoms with Gasteiger partial charge in [0.2, 0.25) is 15.9 Å². The Bertz CT molecular complexity index is 1390. The van der Waals surface area contributed by atoms with E-state index in [2.05, 4.69) is 38.8 Å². The van der Waals surface area contributed by atoms with Gasteiger partial charge in [0.25, 0.3) is 0 Å². The third-order valence-electron chi connectivity index (χ3n) is 7.03. The van der Waals surface area contributed by atoms with Crippen LogP contribution in [0.25, 0.3) is 11.1 Å². The van der Waals surface area contributed by atoms with Gasteiger partial charge in [-0.15, -0.1) is 0 Å². The number of likely N-dealkylation sites (N-methyl/N-ethyl adjacent to an activating group) is 2. The number of carbonyl (C=O) groups excluding carboxylic acids is 1. The summed E-state index contributed by atoms with van der Waals surface area (Å²) in [7, 11) is 0.417. The molecule has 3 aromatic carbocycles. The summed E-state index contributed by atoms with van der Waals surface area (Å²) in [6.45, 7) is 3.21. The molecule has 208 valence electrons. The van der Waals surface area contributed by atoms with Gasteiger partial charge in [-0.25, -0.2) is 8.42 Å². The third kappa shape index (κ3) is 7.96. The van der Waals surface area contributed by atoms with Gasteiger partial charge >= 0.3 is 0 Å². The van der Waals surface area contributed by atoms with Gasteiger partial charge in [-0.05, 0) is 80.0 Å². The Morgan fingerprint density at radius 3 is 2.08 bits per heavy atom. The topological polar surface area (TPSA) is 73.0 Å². The molecule has 1 amide bonds. The van der Waals surface area contributed by atoms with Crippen LogP contribution in [0.5, 0.6) is 0 Å². The van der Waals surface area contributed by atoms with Crippen molar-refractivity contribution in [2.45, 2.75) is 18.9 Å². The van der Waals surface area contributed by atoms with Crippen molar-refractivity contribution in [2.75, 3.05) is 56.2 Å². The van der Waals surface area contributed by atoms with Crippen molar-refractivity contribution in [2.24, 2.45) is 0 Å². The molecule has 39 heavy (non-hydrogen) atoms. The minimum atomic E-state index is -3.32. The molecule has 0 aromatic heterocycles. The van der Waals surface area contributed by atoms with Crippen molar-refractivity contribution in [3.8, 4) is 11.1 Å². The zero-order chi connectivity index (χ0) is 28.2. The average Bonchev–Trinajstić information content (AvgIpc) is 3.41. The highest BCUT2D eigenvalue weighted by atomic mass is 35.5. The fourth-order valence-corrected chi connectivity index (χ4v) is 5.68. The molecular formula is C29H34Cl2N4O3S. The second-order valence-corrected chi connectivity index (χ2v) is 12.6. The van der Waals surface area contributed by atoms with Gasteiger partial charge in [-0.3, -0.25) is 14.4 Å². The number of likely N-dealkylation sites (tertiary alicyclic amines) is 1. The first kappa shape index (κ1) is 29.4. The maximum atomic E-state index is 13.2. The molecule has 0 bridgehead atoms. The first-order valence-corrected chi connectivity index (χ1v) is 15.5. The van der Waals surface area contributed by atoms with Gasteiger partial charge in [0.1, 0.15) is 0 Å². The molecule has 1 N–H and O–H groups in total. The number of nitrogens with one attached hydrogen (secondary N) is 1. The molecular weight excluding hydrogens is 555 g/mol. The Hall–Kier alpha value is -2.62. The van der Waals surface area contributed by atoms with Crippen LogP contribution in [0.15, 0.2) is 66.7 Å². The zero-order valence-electron chi connectivity index (χ0n) is 22.4. The lowest BCUT2D eigenvalue weighted by atomic mass is 9.99. The van der Waals surface area contributed by atoms with Crippen LogP contribution in [0.1, 0.15) is 24.4 Å². The summed E-state index contributed by atoms with van der Waals surface area (Å²) >= 11 is 12.2. The first-order valence-electron chi connectivity index (χ1n) is 12.8. The number of amides is 1. The van der Waals surface area contributed by atoms with Crippen LogP contribution in [-0.2, 0) is 14.8 Å². The number of hydrogen-bond acceptors (Lipinski definition) is 5. The van der Waals surface area contributed by atoms with E-state index in [1.807, 2.05) is 19.2 Å². The molecule has 10 heteroatoms. The van der Waals surface area contributed by atoms with Crippen molar-refractivity contribution < 1.29 is 13.2 Å². The van der Waals surface area contributed by atoms with E-state index in [9.17, 15) is 13.2 Å². The molecule has 0 saturated carbocycles. The van der Waals surface area contributed by atoms with Crippen LogP contribution in [0, 0.1) is 0 Å². The Morgan fingerprint density at radius 1 is 0.923 bits per heavy atom. The number of benzene rings is 3. The summed E-state index contributed by atoms with van der Waals surface area (Å²) in [5.74, 6) is -0.0401. The van der Waals surface area contributed by atoms with Crippen LogP contribution < -0.4 is 9.62 Å². The molecule has 1 heterocycles. The zero-order valence-corrected chi connectivity index (χ0v) is 24.7. The quantitative estimate of drug-likeness (QED) is 0.326. The second-order valence-electron chi connectivity index (χ2n) is 10.1. The predicted octanol–water partition coefficient (Wildman–Crippen LogP) is 5.76. The van der Waals surface area contributed by atoms with E-state index in [1.54, 1.807) is 42.3 Å². The molecule has 1 aliphatic heterocycles. The number of rotatable bonds is 10. The fraction of sp³-hybridized carbons (Fsp3) is 0.345. The van der Waals surface area contributed by atoms with E-state index >= 15 is 0 Å². The first-order chi connectivity index (χ1) is 18.5. The molecule has 0 aliphatic carbocycles. The average molecular weight is 590 g/mol. The van der Waals surface area contributed by atoms with E-state index in [1.165, 1.54) is 12.8 Å². The Kier molecular flexibility index (Phi) is 9.56. The smallest absolute Gasteiger partial charge is 0.240 e. The third-order valence-corrected chi connectivity index (χ3v) is 8.37. The molecule has 1 aliphatic rings. The van der Waals surface area contributed by atoms with E-state index < -0.39 is 10.0 Å². The second kappa shape index (κ2) is 12.7. The van der Waals surface area contributed by atoms with Gasteiger partial charge in [0.05, 0.1) is 22.8 Å². The lowest BCUT2D eigenvalue weighted by Crippen LogP contribution is -2.41. The monoisotopic (exact) mass is 588 g/mol. The van der Waals surface area contributed by atoms with Crippen molar-refractivity contribution in [3.63, 3.8) is 0 Å². The summed E-state index contributed by atoms with van der Waals surface area (Å²) in [4.78, 5) is 19.4. The van der Waals surface area contributed by atoms with Gasteiger partial charge in [-0.2, -0.15) is 0 Å². The highest BCUT2D eigenvalue weighted by molar-refractivity contribution is 7.92. The lowest BCUT2D eigenvalue weighted by Gasteiger charge is -2.32. The number of nitrogens with zero attached hydrogens (tertiary/aromatic N) is 3. The highest BCUT2D eigenvalue weighted by Gasteiger charge is 2.25. The molecule has 0 spiro atoms. The number of carbonyl (C=O) groups is 1. The van der Waals surface area contributed by atoms with Gasteiger partial charge < -0.3 is 9.80 Å². The number of sulfonamides is 1. The lowest BCUT2D eigenvalue weighted by molar-refractivity contribution is -0.119. The SMILES string of the molecule is CN(C(=O)CN(C)C(CN1CCCC1)c1ccc(-c2ccc(NS(C)(=O)=O)cc2)cc1)c1ccc(Cl)c(Cl)c1. The number of halogens is 2. The molecule has 1 saturated heterocycles. The molecule has 4 rings (SSSR count). The highest BCUT2D eigenvalue weighted by Crippen LogP contribution is 2.29. The minimum absolute atomic E-state index is 0.0321. The predicted molar refractivity (Wildman–Crippen MR) is 161 cm³/mol. The summed E-state index contributed by atoms with van der Waals surface area (Å²) in [5, 5.41) is 0.865. The molecule has 1 fully saturated rings. The maximum absolute atomic E-state index is 13.2. The van der Waals surface area contributed by atoms with Crippen LogP contribution in [-0.4, -0.2) is 70.7 Å².